The van der Waals surface area contributed by atoms with E-state index in [0.29, 0.717) is 17.0 Å². The summed E-state index contributed by atoms with van der Waals surface area (Å²) in [6, 6.07) is 6.28. The van der Waals surface area contributed by atoms with Gasteiger partial charge in [-0.1, -0.05) is 12.1 Å². The molecular weight excluding hydrogens is 296 g/mol. The van der Waals surface area contributed by atoms with E-state index in [2.05, 4.69) is 10.6 Å². The molecule has 6 nitrogen and oxygen atoms in total. The average molecular weight is 318 g/mol. The number of rotatable bonds is 3. The molecule has 0 radical (unpaired) electrons. The molecule has 0 spiro atoms. The normalized spacial score (nSPS) is 18.1. The first kappa shape index (κ1) is 16.9. The summed E-state index contributed by atoms with van der Waals surface area (Å²) in [4.78, 5) is 24.4. The number of hydrogen-bond donors (Lipinski definition) is 2. The van der Waals surface area contributed by atoms with E-state index in [9.17, 15) is 9.59 Å². The zero-order valence-electron chi connectivity index (χ0n) is 14.0. The Balaban J connectivity index is 2.43. The molecule has 0 fully saturated rings. The highest BCUT2D eigenvalue weighted by atomic mass is 16.6. The summed E-state index contributed by atoms with van der Waals surface area (Å²) in [5.74, 6) is 0.187. The van der Waals surface area contributed by atoms with Crippen molar-refractivity contribution in [3.8, 4) is 5.75 Å². The van der Waals surface area contributed by atoms with Crippen molar-refractivity contribution >= 4 is 12.0 Å². The fourth-order valence-corrected chi connectivity index (χ4v) is 2.37. The average Bonchev–Trinajstić information content (AvgIpc) is 2.44. The van der Waals surface area contributed by atoms with E-state index in [4.69, 9.17) is 9.47 Å². The molecule has 0 bridgehead atoms. The van der Waals surface area contributed by atoms with Crippen molar-refractivity contribution in [1.29, 1.82) is 0 Å². The Kier molecular flexibility index (Phi) is 4.63. The lowest BCUT2D eigenvalue weighted by Gasteiger charge is -2.30. The monoisotopic (exact) mass is 318 g/mol. The van der Waals surface area contributed by atoms with Crippen LogP contribution in [0.15, 0.2) is 35.5 Å². The third-order valence-corrected chi connectivity index (χ3v) is 3.32. The van der Waals surface area contributed by atoms with E-state index in [1.54, 1.807) is 46.9 Å². The van der Waals surface area contributed by atoms with Crippen molar-refractivity contribution in [2.75, 3.05) is 7.11 Å². The number of esters is 1. The molecule has 0 saturated heterocycles. The molecule has 0 aromatic heterocycles. The van der Waals surface area contributed by atoms with E-state index in [1.807, 2.05) is 12.1 Å². The second-order valence-electron chi connectivity index (χ2n) is 6.35. The van der Waals surface area contributed by atoms with E-state index in [0.717, 1.165) is 5.56 Å². The van der Waals surface area contributed by atoms with Crippen LogP contribution in [0.4, 0.5) is 4.79 Å². The summed E-state index contributed by atoms with van der Waals surface area (Å²) in [7, 11) is 1.57. The Morgan fingerprint density at radius 2 is 1.96 bits per heavy atom. The molecule has 23 heavy (non-hydrogen) atoms. The minimum atomic E-state index is -0.620. The van der Waals surface area contributed by atoms with Crippen molar-refractivity contribution in [2.24, 2.45) is 0 Å². The van der Waals surface area contributed by atoms with Gasteiger partial charge in [0.1, 0.15) is 11.4 Å². The first-order valence-corrected chi connectivity index (χ1v) is 7.37. The molecule has 0 saturated carbocycles. The molecule has 6 heteroatoms. The second-order valence-corrected chi connectivity index (χ2v) is 6.35. The summed E-state index contributed by atoms with van der Waals surface area (Å²) < 4.78 is 10.7. The smallest absolute Gasteiger partial charge is 0.338 e. The molecule has 0 aliphatic carbocycles. The summed E-state index contributed by atoms with van der Waals surface area (Å²) in [5, 5.41) is 5.39. The Morgan fingerprint density at radius 1 is 1.26 bits per heavy atom. The molecule has 1 aliphatic heterocycles. The summed E-state index contributed by atoms with van der Waals surface area (Å²) in [6.45, 7) is 7.09. The van der Waals surface area contributed by atoms with Gasteiger partial charge in [-0.15, -0.1) is 0 Å². The zero-order chi connectivity index (χ0) is 17.2. The maximum Gasteiger partial charge on any atom is 0.338 e. The van der Waals surface area contributed by atoms with Gasteiger partial charge in [-0.25, -0.2) is 9.59 Å². The highest BCUT2D eigenvalue weighted by Crippen LogP contribution is 2.30. The van der Waals surface area contributed by atoms with Gasteiger partial charge < -0.3 is 20.1 Å². The molecule has 1 aliphatic rings. The van der Waals surface area contributed by atoms with Crippen LogP contribution in [0.25, 0.3) is 0 Å². The summed E-state index contributed by atoms with van der Waals surface area (Å²) >= 11 is 0. The number of benzene rings is 1. The molecular formula is C17H22N2O4. The van der Waals surface area contributed by atoms with Crippen LogP contribution in [-0.4, -0.2) is 24.7 Å². The number of allylic oxidation sites excluding steroid dienone is 1. The predicted octanol–water partition coefficient (Wildman–Crippen LogP) is 2.66. The molecule has 1 heterocycles. The molecule has 2 amide bonds. The minimum absolute atomic E-state index is 0.359. The maximum absolute atomic E-state index is 12.6. The molecule has 1 aromatic rings. The van der Waals surface area contributed by atoms with Crippen LogP contribution in [0.5, 0.6) is 5.75 Å². The molecule has 0 unspecified atom stereocenters. The number of carbonyl (C=O) groups excluding carboxylic acids is 2. The van der Waals surface area contributed by atoms with E-state index in [1.165, 1.54) is 0 Å². The van der Waals surface area contributed by atoms with Gasteiger partial charge >= 0.3 is 12.0 Å². The molecule has 2 N–H and O–H groups in total. The quantitative estimate of drug-likeness (QED) is 0.840. The van der Waals surface area contributed by atoms with Gasteiger partial charge in [-0.3, -0.25) is 0 Å². The maximum atomic E-state index is 12.6. The van der Waals surface area contributed by atoms with Gasteiger partial charge in [0.05, 0.1) is 18.7 Å². The Morgan fingerprint density at radius 3 is 2.57 bits per heavy atom. The number of amides is 2. The van der Waals surface area contributed by atoms with Gasteiger partial charge in [0, 0.05) is 5.70 Å². The zero-order valence-corrected chi connectivity index (χ0v) is 14.0. The topological polar surface area (TPSA) is 76.7 Å². The number of ether oxygens (including phenoxy) is 2. The third kappa shape index (κ3) is 4.03. The van der Waals surface area contributed by atoms with Crippen molar-refractivity contribution < 1.29 is 19.1 Å². The largest absolute Gasteiger partial charge is 0.497 e. The molecule has 124 valence electrons. The third-order valence-electron chi connectivity index (χ3n) is 3.32. The highest BCUT2D eigenvalue weighted by Gasteiger charge is 2.34. The molecule has 1 aromatic carbocycles. The van der Waals surface area contributed by atoms with Crippen molar-refractivity contribution in [3.05, 3.63) is 41.1 Å². The fourth-order valence-electron chi connectivity index (χ4n) is 2.37. The van der Waals surface area contributed by atoms with Gasteiger partial charge in [-0.2, -0.15) is 0 Å². The number of methoxy groups -OCH3 is 1. The summed E-state index contributed by atoms with van der Waals surface area (Å²) in [5.41, 5.74) is 0.994. The van der Waals surface area contributed by atoms with Crippen LogP contribution in [-0.2, 0) is 9.53 Å². The highest BCUT2D eigenvalue weighted by molar-refractivity contribution is 5.95. The van der Waals surface area contributed by atoms with E-state index in [-0.39, 0.29) is 6.03 Å². The number of urea groups is 1. The van der Waals surface area contributed by atoms with E-state index >= 15 is 0 Å². The van der Waals surface area contributed by atoms with Crippen molar-refractivity contribution in [3.63, 3.8) is 0 Å². The fraction of sp³-hybridized carbons (Fsp3) is 0.412. The first-order chi connectivity index (χ1) is 10.7. The van der Waals surface area contributed by atoms with Gasteiger partial charge in [0.2, 0.25) is 0 Å². The Hall–Kier alpha value is -2.50. The van der Waals surface area contributed by atoms with Crippen LogP contribution in [0.1, 0.15) is 39.3 Å². The van der Waals surface area contributed by atoms with Gasteiger partial charge in [0.15, 0.2) is 0 Å². The van der Waals surface area contributed by atoms with Crippen molar-refractivity contribution in [2.45, 2.75) is 39.3 Å². The number of carbonyl (C=O) groups is 2. The Labute approximate surface area is 135 Å². The van der Waals surface area contributed by atoms with Gasteiger partial charge in [-0.05, 0) is 45.4 Å². The van der Waals surface area contributed by atoms with Crippen LogP contribution in [0.3, 0.4) is 0 Å². The Bertz CT molecular complexity index is 659. The summed E-state index contributed by atoms with van der Waals surface area (Å²) in [6.07, 6.45) is 0. The van der Waals surface area contributed by atoms with Crippen LogP contribution < -0.4 is 15.4 Å². The van der Waals surface area contributed by atoms with Crippen LogP contribution in [0.2, 0.25) is 0 Å². The van der Waals surface area contributed by atoms with Crippen LogP contribution in [0, 0.1) is 0 Å². The lowest BCUT2D eigenvalue weighted by Crippen LogP contribution is -2.46. The second kappa shape index (κ2) is 6.32. The van der Waals surface area contributed by atoms with Gasteiger partial charge in [0.25, 0.3) is 0 Å². The lowest BCUT2D eigenvalue weighted by atomic mass is 9.95. The van der Waals surface area contributed by atoms with Crippen molar-refractivity contribution in [1.82, 2.24) is 10.6 Å². The van der Waals surface area contributed by atoms with E-state index < -0.39 is 17.6 Å². The molecule has 1 atom stereocenters. The minimum Gasteiger partial charge on any atom is -0.497 e. The van der Waals surface area contributed by atoms with Crippen LogP contribution >= 0.6 is 0 Å². The number of nitrogens with one attached hydrogen (secondary N) is 2. The lowest BCUT2D eigenvalue weighted by molar-refractivity contribution is -0.150. The standard InChI is InChI=1S/C17H22N2O4/c1-10-13(15(20)23-17(2,3)4)14(19-16(21)18-10)11-7-6-8-12(9-11)22-5/h6-9,14H,1-5H3,(H2,18,19,21)/t14-/m1/s1. The molecule has 2 rings (SSSR count). The number of hydrogen-bond acceptors (Lipinski definition) is 4. The first-order valence-electron chi connectivity index (χ1n) is 7.37. The SMILES string of the molecule is COc1cccc([C@H]2NC(=O)NC(C)=C2C(=O)OC(C)(C)C)c1. The predicted molar refractivity (Wildman–Crippen MR) is 85.9 cm³/mol.